The van der Waals surface area contributed by atoms with Crippen LogP contribution in [-0.4, -0.2) is 34.9 Å². The van der Waals surface area contributed by atoms with Crippen LogP contribution in [0.25, 0.3) is 0 Å². The second-order valence-electron chi connectivity index (χ2n) is 5.56. The van der Waals surface area contributed by atoms with E-state index in [-0.39, 0.29) is 5.91 Å². The van der Waals surface area contributed by atoms with E-state index in [2.05, 4.69) is 33.6 Å². The molecule has 0 fully saturated rings. The summed E-state index contributed by atoms with van der Waals surface area (Å²) in [6.07, 6.45) is 2.84. The molecule has 0 unspecified atom stereocenters. The predicted octanol–water partition coefficient (Wildman–Crippen LogP) is 2.98. The SMILES string of the molecule is C[C@@H](CNC(=O)c1ccc[nH]c1=S)N1CCc2sccc2C1. The first kappa shape index (κ1) is 15.4. The van der Waals surface area contributed by atoms with Gasteiger partial charge in [0, 0.05) is 36.8 Å². The molecule has 1 aliphatic heterocycles. The van der Waals surface area contributed by atoms with Gasteiger partial charge in [-0.25, -0.2) is 0 Å². The summed E-state index contributed by atoms with van der Waals surface area (Å²) >= 11 is 6.99. The lowest BCUT2D eigenvalue weighted by atomic mass is 10.1. The first-order valence-corrected chi connectivity index (χ1v) is 8.69. The quantitative estimate of drug-likeness (QED) is 0.846. The van der Waals surface area contributed by atoms with E-state index in [1.807, 2.05) is 11.3 Å². The van der Waals surface area contributed by atoms with Crippen molar-refractivity contribution >= 4 is 29.5 Å². The summed E-state index contributed by atoms with van der Waals surface area (Å²) in [6.45, 7) is 4.81. The van der Waals surface area contributed by atoms with Crippen LogP contribution in [0.4, 0.5) is 0 Å². The number of carbonyl (C=O) groups excluding carboxylic acids is 1. The van der Waals surface area contributed by atoms with Crippen molar-refractivity contribution in [2.75, 3.05) is 13.1 Å². The summed E-state index contributed by atoms with van der Waals surface area (Å²) in [5.74, 6) is -0.109. The van der Waals surface area contributed by atoms with Gasteiger partial charge in [-0.15, -0.1) is 11.3 Å². The minimum Gasteiger partial charge on any atom is -0.352 e. The van der Waals surface area contributed by atoms with Gasteiger partial charge in [0.15, 0.2) is 0 Å². The first-order chi connectivity index (χ1) is 10.6. The summed E-state index contributed by atoms with van der Waals surface area (Å²) < 4.78 is 0.480. The van der Waals surface area contributed by atoms with E-state index in [0.717, 1.165) is 19.5 Å². The molecular weight excluding hydrogens is 314 g/mol. The normalized spacial score (nSPS) is 16.0. The molecule has 0 spiro atoms. The Bertz CT molecular complexity index is 722. The maximum absolute atomic E-state index is 12.2. The molecule has 1 atom stereocenters. The molecule has 2 N–H and O–H groups in total. The Morgan fingerprint density at radius 2 is 2.41 bits per heavy atom. The third-order valence-corrected chi connectivity index (χ3v) is 5.44. The molecule has 0 saturated carbocycles. The molecule has 0 saturated heterocycles. The summed E-state index contributed by atoms with van der Waals surface area (Å²) in [5, 5.41) is 5.15. The topological polar surface area (TPSA) is 48.1 Å². The van der Waals surface area contributed by atoms with E-state index in [4.69, 9.17) is 12.2 Å². The number of hydrogen-bond donors (Lipinski definition) is 2. The van der Waals surface area contributed by atoms with Gasteiger partial charge in [-0.1, -0.05) is 12.2 Å². The molecule has 6 heteroatoms. The fourth-order valence-electron chi connectivity index (χ4n) is 2.71. The third-order valence-electron chi connectivity index (χ3n) is 4.08. The fraction of sp³-hybridized carbons (Fsp3) is 0.375. The van der Waals surface area contributed by atoms with Gasteiger partial charge in [-0.05, 0) is 42.5 Å². The van der Waals surface area contributed by atoms with Crippen LogP contribution >= 0.6 is 23.6 Å². The molecule has 1 amide bonds. The minimum absolute atomic E-state index is 0.109. The van der Waals surface area contributed by atoms with E-state index in [1.165, 1.54) is 10.4 Å². The highest BCUT2D eigenvalue weighted by Crippen LogP contribution is 2.24. The highest BCUT2D eigenvalue weighted by molar-refractivity contribution is 7.71. The highest BCUT2D eigenvalue weighted by atomic mass is 32.1. The fourth-order valence-corrected chi connectivity index (χ4v) is 3.83. The summed E-state index contributed by atoms with van der Waals surface area (Å²) in [7, 11) is 0. The zero-order chi connectivity index (χ0) is 15.5. The smallest absolute Gasteiger partial charge is 0.254 e. The van der Waals surface area contributed by atoms with Crippen LogP contribution in [0.5, 0.6) is 0 Å². The van der Waals surface area contributed by atoms with Gasteiger partial charge in [0.1, 0.15) is 4.64 Å². The maximum atomic E-state index is 12.2. The van der Waals surface area contributed by atoms with Crippen LogP contribution in [-0.2, 0) is 13.0 Å². The Hall–Kier alpha value is -1.50. The Morgan fingerprint density at radius 3 is 3.23 bits per heavy atom. The molecule has 2 aromatic rings. The molecule has 0 radical (unpaired) electrons. The van der Waals surface area contributed by atoms with E-state index in [1.54, 1.807) is 18.3 Å². The van der Waals surface area contributed by atoms with Crippen LogP contribution in [0.1, 0.15) is 27.7 Å². The minimum atomic E-state index is -0.109. The Labute approximate surface area is 139 Å². The Balaban J connectivity index is 1.57. The van der Waals surface area contributed by atoms with E-state index < -0.39 is 0 Å². The molecule has 0 aliphatic carbocycles. The van der Waals surface area contributed by atoms with Crippen LogP contribution in [0.15, 0.2) is 29.8 Å². The number of carbonyl (C=O) groups is 1. The van der Waals surface area contributed by atoms with Crippen molar-refractivity contribution in [3.05, 3.63) is 50.4 Å². The predicted molar refractivity (Wildman–Crippen MR) is 91.9 cm³/mol. The van der Waals surface area contributed by atoms with E-state index in [9.17, 15) is 4.79 Å². The molecule has 4 nitrogen and oxygen atoms in total. The standard InChI is InChI=1S/C16H19N3OS2/c1-11(19-7-4-14-12(10-19)5-8-22-14)9-18-15(20)13-3-2-6-17-16(13)21/h2-3,5-6,8,11H,4,7,9-10H2,1H3,(H,17,21)(H,18,20)/t11-/m0/s1. The van der Waals surface area contributed by atoms with Crippen molar-refractivity contribution in [2.24, 2.45) is 0 Å². The van der Waals surface area contributed by atoms with Gasteiger partial charge >= 0.3 is 0 Å². The number of amides is 1. The molecule has 116 valence electrons. The zero-order valence-electron chi connectivity index (χ0n) is 12.5. The van der Waals surface area contributed by atoms with Gasteiger partial charge in [0.2, 0.25) is 0 Å². The van der Waals surface area contributed by atoms with Gasteiger partial charge in [0.25, 0.3) is 5.91 Å². The van der Waals surface area contributed by atoms with Crippen LogP contribution in [0, 0.1) is 4.64 Å². The largest absolute Gasteiger partial charge is 0.352 e. The van der Waals surface area contributed by atoms with Crippen molar-refractivity contribution < 1.29 is 4.79 Å². The number of pyridine rings is 1. The summed E-state index contributed by atoms with van der Waals surface area (Å²) in [5.41, 5.74) is 1.96. The first-order valence-electron chi connectivity index (χ1n) is 7.40. The number of aromatic nitrogens is 1. The summed E-state index contributed by atoms with van der Waals surface area (Å²) in [6, 6.07) is 6.05. The molecule has 1 aliphatic rings. The maximum Gasteiger partial charge on any atom is 0.254 e. The van der Waals surface area contributed by atoms with Gasteiger partial charge in [-0.3, -0.25) is 9.69 Å². The third kappa shape index (κ3) is 3.29. The highest BCUT2D eigenvalue weighted by Gasteiger charge is 2.21. The lowest BCUT2D eigenvalue weighted by molar-refractivity contribution is 0.0932. The summed E-state index contributed by atoms with van der Waals surface area (Å²) in [4.78, 5) is 19.0. The average Bonchev–Trinajstić information content (AvgIpc) is 3.00. The monoisotopic (exact) mass is 333 g/mol. The van der Waals surface area contributed by atoms with Gasteiger partial charge < -0.3 is 10.3 Å². The zero-order valence-corrected chi connectivity index (χ0v) is 14.1. The van der Waals surface area contributed by atoms with Crippen molar-refractivity contribution in [2.45, 2.75) is 25.9 Å². The second-order valence-corrected chi connectivity index (χ2v) is 6.97. The molecule has 3 rings (SSSR count). The number of nitrogens with zero attached hydrogens (tertiary/aromatic N) is 1. The Kier molecular flexibility index (Phi) is 4.71. The number of rotatable bonds is 4. The lowest BCUT2D eigenvalue weighted by Gasteiger charge is -2.32. The average molecular weight is 333 g/mol. The van der Waals surface area contributed by atoms with Crippen LogP contribution < -0.4 is 5.32 Å². The molecule has 22 heavy (non-hydrogen) atoms. The van der Waals surface area contributed by atoms with Crippen molar-refractivity contribution in [1.29, 1.82) is 0 Å². The lowest BCUT2D eigenvalue weighted by Crippen LogP contribution is -2.44. The van der Waals surface area contributed by atoms with E-state index in [0.29, 0.717) is 22.8 Å². The van der Waals surface area contributed by atoms with Gasteiger partial charge in [-0.2, -0.15) is 0 Å². The van der Waals surface area contributed by atoms with Crippen LogP contribution in [0.2, 0.25) is 0 Å². The molecule has 2 aromatic heterocycles. The second kappa shape index (κ2) is 6.73. The van der Waals surface area contributed by atoms with E-state index >= 15 is 0 Å². The molecule has 0 bridgehead atoms. The van der Waals surface area contributed by atoms with Crippen molar-refractivity contribution in [3.8, 4) is 0 Å². The number of H-pyrrole nitrogens is 1. The van der Waals surface area contributed by atoms with Crippen LogP contribution in [0.3, 0.4) is 0 Å². The van der Waals surface area contributed by atoms with Gasteiger partial charge in [0.05, 0.1) is 5.56 Å². The van der Waals surface area contributed by atoms with Crippen molar-refractivity contribution in [1.82, 2.24) is 15.2 Å². The number of fused-ring (bicyclic) bond motifs is 1. The molecular formula is C16H19N3OS2. The number of hydrogen-bond acceptors (Lipinski definition) is 4. The Morgan fingerprint density at radius 1 is 1.55 bits per heavy atom. The molecule has 0 aromatic carbocycles. The number of nitrogens with one attached hydrogen (secondary N) is 2. The number of aromatic amines is 1. The van der Waals surface area contributed by atoms with Crippen molar-refractivity contribution in [3.63, 3.8) is 0 Å². The molecule has 3 heterocycles. The number of thiophene rings is 1.